The number of pyridine rings is 1. The maximum atomic E-state index is 11.9. The minimum Gasteiger partial charge on any atom is -0.422 e. The summed E-state index contributed by atoms with van der Waals surface area (Å²) in [7, 11) is 0. The molecule has 0 aliphatic rings. The minimum atomic E-state index is -0.489. The molecule has 0 aliphatic heterocycles. The van der Waals surface area contributed by atoms with Gasteiger partial charge in [0.2, 0.25) is 0 Å². The minimum absolute atomic E-state index is 0.257. The highest BCUT2D eigenvalue weighted by Gasteiger charge is 2.13. The van der Waals surface area contributed by atoms with Crippen molar-refractivity contribution in [2.75, 3.05) is 0 Å². The van der Waals surface area contributed by atoms with Gasteiger partial charge in [-0.3, -0.25) is 0 Å². The first-order chi connectivity index (χ1) is 8.31. The van der Waals surface area contributed by atoms with Gasteiger partial charge in [-0.2, -0.15) is 0 Å². The highest BCUT2D eigenvalue weighted by atomic mass is 16.5. The molecule has 0 saturated heterocycles. The third kappa shape index (κ3) is 2.68. The average molecular weight is 228 g/mol. The quantitative estimate of drug-likeness (QED) is 0.642. The number of ether oxygens (including phenoxy) is 1. The van der Waals surface area contributed by atoms with Crippen LogP contribution in [0.3, 0.4) is 0 Å². The molecule has 0 spiro atoms. The Morgan fingerprint density at radius 2 is 1.94 bits per heavy atom. The summed E-state index contributed by atoms with van der Waals surface area (Å²) in [6.45, 7) is 0.257. The average Bonchev–Trinajstić information content (AvgIpc) is 2.40. The SMILES string of the molecule is NCc1cccnc1C(=O)Oc1ccccc1. The topological polar surface area (TPSA) is 65.2 Å². The fourth-order valence-corrected chi connectivity index (χ4v) is 1.43. The second-order valence-electron chi connectivity index (χ2n) is 3.42. The first-order valence-corrected chi connectivity index (χ1v) is 5.22. The van der Waals surface area contributed by atoms with Crippen molar-refractivity contribution >= 4 is 5.97 Å². The molecule has 1 aromatic carbocycles. The van der Waals surface area contributed by atoms with Crippen molar-refractivity contribution < 1.29 is 9.53 Å². The smallest absolute Gasteiger partial charge is 0.362 e. The van der Waals surface area contributed by atoms with Crippen LogP contribution in [0.4, 0.5) is 0 Å². The zero-order valence-corrected chi connectivity index (χ0v) is 9.17. The number of nitrogens with two attached hydrogens (primary N) is 1. The number of aromatic nitrogens is 1. The molecule has 2 aromatic rings. The molecule has 0 aliphatic carbocycles. The predicted octanol–water partition coefficient (Wildman–Crippen LogP) is 1.76. The summed E-state index contributed by atoms with van der Waals surface area (Å²) in [5.41, 5.74) is 6.47. The Hall–Kier alpha value is -2.20. The molecule has 4 nitrogen and oxygen atoms in total. The van der Waals surface area contributed by atoms with E-state index in [0.717, 1.165) is 0 Å². The van der Waals surface area contributed by atoms with Crippen LogP contribution in [0.1, 0.15) is 16.1 Å². The van der Waals surface area contributed by atoms with Crippen molar-refractivity contribution in [3.05, 3.63) is 59.9 Å². The second-order valence-corrected chi connectivity index (χ2v) is 3.42. The molecule has 0 radical (unpaired) electrons. The van der Waals surface area contributed by atoms with Crippen LogP contribution in [-0.2, 0) is 6.54 Å². The summed E-state index contributed by atoms with van der Waals surface area (Å²) in [5, 5.41) is 0. The van der Waals surface area contributed by atoms with Gasteiger partial charge in [0.05, 0.1) is 0 Å². The Morgan fingerprint density at radius 3 is 2.65 bits per heavy atom. The molecule has 1 aromatic heterocycles. The Labute approximate surface area is 99.1 Å². The number of carbonyl (C=O) groups excluding carboxylic acids is 1. The lowest BCUT2D eigenvalue weighted by atomic mass is 10.2. The fourth-order valence-electron chi connectivity index (χ4n) is 1.43. The molecular formula is C13H12N2O2. The van der Waals surface area contributed by atoms with Crippen molar-refractivity contribution in [1.29, 1.82) is 0 Å². The van der Waals surface area contributed by atoms with E-state index in [2.05, 4.69) is 4.98 Å². The molecule has 0 amide bonds. The number of esters is 1. The van der Waals surface area contributed by atoms with E-state index in [-0.39, 0.29) is 12.2 Å². The number of hydrogen-bond donors (Lipinski definition) is 1. The van der Waals surface area contributed by atoms with Gasteiger partial charge in [0, 0.05) is 12.7 Å². The van der Waals surface area contributed by atoms with Gasteiger partial charge in [0.1, 0.15) is 5.75 Å². The standard InChI is InChI=1S/C13H12N2O2/c14-9-10-5-4-8-15-12(10)13(16)17-11-6-2-1-3-7-11/h1-8H,9,14H2. The van der Waals surface area contributed by atoms with Crippen LogP contribution < -0.4 is 10.5 Å². The van der Waals surface area contributed by atoms with Crippen molar-refractivity contribution in [3.63, 3.8) is 0 Å². The lowest BCUT2D eigenvalue weighted by Crippen LogP contribution is -2.15. The van der Waals surface area contributed by atoms with Gasteiger partial charge in [-0.1, -0.05) is 24.3 Å². The zero-order valence-electron chi connectivity index (χ0n) is 9.17. The molecule has 1 heterocycles. The van der Waals surface area contributed by atoms with E-state index in [1.54, 1.807) is 42.6 Å². The molecule has 0 unspecified atom stereocenters. The van der Waals surface area contributed by atoms with Crippen LogP contribution in [0.5, 0.6) is 5.75 Å². The fraction of sp³-hybridized carbons (Fsp3) is 0.0769. The molecule has 2 rings (SSSR count). The van der Waals surface area contributed by atoms with Crippen molar-refractivity contribution in [2.24, 2.45) is 5.73 Å². The lowest BCUT2D eigenvalue weighted by Gasteiger charge is -2.06. The van der Waals surface area contributed by atoms with Gasteiger partial charge in [-0.05, 0) is 23.8 Å². The highest BCUT2D eigenvalue weighted by molar-refractivity contribution is 5.90. The number of carbonyl (C=O) groups is 1. The molecule has 0 bridgehead atoms. The Bertz CT molecular complexity index is 512. The second kappa shape index (κ2) is 5.23. The van der Waals surface area contributed by atoms with E-state index < -0.39 is 5.97 Å². The largest absolute Gasteiger partial charge is 0.422 e. The lowest BCUT2D eigenvalue weighted by molar-refractivity contribution is 0.0727. The molecule has 86 valence electrons. The van der Waals surface area contributed by atoms with Gasteiger partial charge < -0.3 is 10.5 Å². The summed E-state index contributed by atoms with van der Waals surface area (Å²) >= 11 is 0. The van der Waals surface area contributed by atoms with E-state index in [9.17, 15) is 4.79 Å². The van der Waals surface area contributed by atoms with Crippen LogP contribution in [0.15, 0.2) is 48.7 Å². The number of nitrogens with zero attached hydrogens (tertiary/aromatic N) is 1. The van der Waals surface area contributed by atoms with E-state index >= 15 is 0 Å². The van der Waals surface area contributed by atoms with E-state index in [1.165, 1.54) is 0 Å². The molecular weight excluding hydrogens is 216 g/mol. The van der Waals surface area contributed by atoms with Crippen molar-refractivity contribution in [1.82, 2.24) is 4.98 Å². The Morgan fingerprint density at radius 1 is 1.18 bits per heavy atom. The van der Waals surface area contributed by atoms with Crippen LogP contribution in [0.25, 0.3) is 0 Å². The Balaban J connectivity index is 2.20. The van der Waals surface area contributed by atoms with Crippen LogP contribution in [0.2, 0.25) is 0 Å². The summed E-state index contributed by atoms with van der Waals surface area (Å²) in [4.78, 5) is 15.8. The summed E-state index contributed by atoms with van der Waals surface area (Å²) < 4.78 is 5.19. The normalized spacial score (nSPS) is 9.94. The molecule has 2 N–H and O–H groups in total. The van der Waals surface area contributed by atoms with Crippen LogP contribution >= 0.6 is 0 Å². The highest BCUT2D eigenvalue weighted by Crippen LogP contribution is 2.12. The maximum Gasteiger partial charge on any atom is 0.362 e. The third-order valence-corrected chi connectivity index (χ3v) is 2.26. The van der Waals surface area contributed by atoms with Crippen molar-refractivity contribution in [2.45, 2.75) is 6.54 Å². The summed E-state index contributed by atoms with van der Waals surface area (Å²) in [6, 6.07) is 12.4. The number of rotatable bonds is 3. The van der Waals surface area contributed by atoms with Crippen molar-refractivity contribution in [3.8, 4) is 5.75 Å². The third-order valence-electron chi connectivity index (χ3n) is 2.26. The number of hydrogen-bond acceptors (Lipinski definition) is 4. The first-order valence-electron chi connectivity index (χ1n) is 5.22. The van der Waals surface area contributed by atoms with E-state index in [1.807, 2.05) is 6.07 Å². The van der Waals surface area contributed by atoms with Gasteiger partial charge in [0.15, 0.2) is 5.69 Å². The predicted molar refractivity (Wildman–Crippen MR) is 63.5 cm³/mol. The zero-order chi connectivity index (χ0) is 12.1. The van der Waals surface area contributed by atoms with E-state index in [4.69, 9.17) is 10.5 Å². The van der Waals surface area contributed by atoms with Crippen LogP contribution in [0, 0.1) is 0 Å². The maximum absolute atomic E-state index is 11.9. The van der Waals surface area contributed by atoms with Gasteiger partial charge in [0.25, 0.3) is 0 Å². The van der Waals surface area contributed by atoms with Gasteiger partial charge in [-0.25, -0.2) is 9.78 Å². The molecule has 0 fully saturated rings. The van der Waals surface area contributed by atoms with Gasteiger partial charge >= 0.3 is 5.97 Å². The molecule has 0 saturated carbocycles. The number of benzene rings is 1. The molecule has 0 atom stereocenters. The summed E-state index contributed by atoms with van der Waals surface area (Å²) in [6.07, 6.45) is 1.54. The summed E-state index contributed by atoms with van der Waals surface area (Å²) in [5.74, 6) is 0.00312. The van der Waals surface area contributed by atoms with E-state index in [0.29, 0.717) is 11.3 Å². The van der Waals surface area contributed by atoms with Gasteiger partial charge in [-0.15, -0.1) is 0 Å². The molecule has 17 heavy (non-hydrogen) atoms. The number of para-hydroxylation sites is 1. The molecule has 4 heteroatoms. The Kier molecular flexibility index (Phi) is 3.47. The first kappa shape index (κ1) is 11.3. The van der Waals surface area contributed by atoms with Crippen LogP contribution in [-0.4, -0.2) is 11.0 Å². The monoisotopic (exact) mass is 228 g/mol.